The highest BCUT2D eigenvalue weighted by Crippen LogP contribution is 2.33. The summed E-state index contributed by atoms with van der Waals surface area (Å²) < 4.78 is 39.0. The van der Waals surface area contributed by atoms with Crippen molar-refractivity contribution in [3.05, 3.63) is 59.2 Å². The van der Waals surface area contributed by atoms with Gasteiger partial charge in [-0.3, -0.25) is 9.69 Å². The molecule has 3 rings (SSSR count). The highest BCUT2D eigenvalue weighted by atomic mass is 19.4. The van der Waals surface area contributed by atoms with Crippen LogP contribution in [0.25, 0.3) is 0 Å². The molecule has 1 saturated heterocycles. The number of amides is 1. The molecule has 1 amide bonds. The largest absolute Gasteiger partial charge is 0.416 e. The van der Waals surface area contributed by atoms with E-state index in [1.54, 1.807) is 6.07 Å². The first-order chi connectivity index (χ1) is 15.1. The van der Waals surface area contributed by atoms with Gasteiger partial charge in [-0.25, -0.2) is 0 Å². The first kappa shape index (κ1) is 24.1. The topological polar surface area (TPSA) is 35.6 Å². The van der Waals surface area contributed by atoms with Crippen molar-refractivity contribution in [2.24, 2.45) is 0 Å². The van der Waals surface area contributed by atoms with Gasteiger partial charge in [0.2, 0.25) is 5.91 Å². The second kappa shape index (κ2) is 9.94. The molecule has 0 spiro atoms. The van der Waals surface area contributed by atoms with E-state index in [9.17, 15) is 18.0 Å². The van der Waals surface area contributed by atoms with Crippen LogP contribution in [0, 0.1) is 0 Å². The van der Waals surface area contributed by atoms with E-state index in [-0.39, 0.29) is 12.5 Å². The number of nitrogens with zero attached hydrogens (tertiary/aromatic N) is 2. The third-order valence-electron chi connectivity index (χ3n) is 5.92. The van der Waals surface area contributed by atoms with Gasteiger partial charge in [0.15, 0.2) is 0 Å². The van der Waals surface area contributed by atoms with Crippen molar-refractivity contribution < 1.29 is 18.0 Å². The van der Waals surface area contributed by atoms with Crippen molar-refractivity contribution in [3.8, 4) is 0 Å². The molecule has 1 heterocycles. The second-order valence-corrected chi connectivity index (χ2v) is 8.98. The molecule has 0 atom stereocenters. The van der Waals surface area contributed by atoms with Crippen LogP contribution in [-0.2, 0) is 11.0 Å². The fourth-order valence-electron chi connectivity index (χ4n) is 4.12. The number of para-hydroxylation sites is 1. The number of carbonyl (C=O) groups excluding carboxylic acids is 1. The predicted octanol–water partition coefficient (Wildman–Crippen LogP) is 5.71. The summed E-state index contributed by atoms with van der Waals surface area (Å²) in [5.41, 5.74) is 3.08. The summed E-state index contributed by atoms with van der Waals surface area (Å²) in [5, 5.41) is 3.14. The number of alkyl halides is 3. The molecular weight excluding hydrogens is 415 g/mol. The van der Waals surface area contributed by atoms with Crippen LogP contribution in [0.3, 0.4) is 0 Å². The van der Waals surface area contributed by atoms with Gasteiger partial charge in [0.25, 0.3) is 0 Å². The van der Waals surface area contributed by atoms with Gasteiger partial charge in [-0.1, -0.05) is 52.0 Å². The molecule has 0 unspecified atom stereocenters. The Labute approximate surface area is 188 Å². The van der Waals surface area contributed by atoms with Crippen LogP contribution in [0.5, 0.6) is 0 Å². The second-order valence-electron chi connectivity index (χ2n) is 8.98. The number of halogens is 3. The minimum atomic E-state index is -4.35. The van der Waals surface area contributed by atoms with Crippen LogP contribution in [0.15, 0.2) is 42.5 Å². The van der Waals surface area contributed by atoms with Gasteiger partial charge in [-0.2, -0.15) is 13.2 Å². The number of rotatable bonds is 6. The zero-order valence-corrected chi connectivity index (χ0v) is 19.2. The molecule has 0 saturated carbocycles. The summed E-state index contributed by atoms with van der Waals surface area (Å²) in [4.78, 5) is 16.8. The molecule has 32 heavy (non-hydrogen) atoms. The van der Waals surface area contributed by atoms with Crippen LogP contribution in [0.1, 0.15) is 56.2 Å². The lowest BCUT2D eigenvalue weighted by atomic mass is 9.92. The third kappa shape index (κ3) is 5.82. The lowest BCUT2D eigenvalue weighted by molar-refractivity contribution is -0.137. The summed E-state index contributed by atoms with van der Waals surface area (Å²) in [7, 11) is 0. The zero-order chi connectivity index (χ0) is 23.5. The Morgan fingerprint density at radius 1 is 0.938 bits per heavy atom. The first-order valence-corrected chi connectivity index (χ1v) is 11.1. The number of piperazine rings is 1. The van der Waals surface area contributed by atoms with Crippen molar-refractivity contribution in [2.75, 3.05) is 42.9 Å². The molecule has 174 valence electrons. The number of carbonyl (C=O) groups is 1. The van der Waals surface area contributed by atoms with E-state index < -0.39 is 11.7 Å². The Hall–Kier alpha value is -2.54. The summed E-state index contributed by atoms with van der Waals surface area (Å²) >= 11 is 0. The Kier molecular flexibility index (Phi) is 7.49. The zero-order valence-electron chi connectivity index (χ0n) is 19.2. The Morgan fingerprint density at radius 2 is 1.50 bits per heavy atom. The maximum atomic E-state index is 13.0. The van der Waals surface area contributed by atoms with Gasteiger partial charge in [-0.15, -0.1) is 0 Å². The molecule has 0 bridgehead atoms. The number of benzene rings is 2. The normalized spacial score (nSPS) is 15.5. The molecule has 2 aromatic carbocycles. The fourth-order valence-corrected chi connectivity index (χ4v) is 4.12. The number of nitrogens with one attached hydrogen (secondary N) is 1. The van der Waals surface area contributed by atoms with E-state index in [1.807, 2.05) is 15.9 Å². The Bertz CT molecular complexity index is 906. The lowest BCUT2D eigenvalue weighted by Crippen LogP contribution is -2.48. The Balaban J connectivity index is 1.61. The highest BCUT2D eigenvalue weighted by Gasteiger charge is 2.31. The predicted molar refractivity (Wildman–Crippen MR) is 123 cm³/mol. The maximum Gasteiger partial charge on any atom is 0.416 e. The van der Waals surface area contributed by atoms with E-state index in [4.69, 9.17) is 0 Å². The van der Waals surface area contributed by atoms with E-state index in [2.05, 4.69) is 45.1 Å². The fraction of sp³-hybridized carbons (Fsp3) is 0.480. The molecule has 1 fully saturated rings. The van der Waals surface area contributed by atoms with Crippen molar-refractivity contribution in [3.63, 3.8) is 0 Å². The van der Waals surface area contributed by atoms with Gasteiger partial charge < -0.3 is 10.2 Å². The molecule has 4 nitrogen and oxygen atoms in total. The molecule has 0 aromatic heterocycles. The highest BCUT2D eigenvalue weighted by molar-refractivity contribution is 5.94. The summed E-state index contributed by atoms with van der Waals surface area (Å²) in [6.45, 7) is 11.1. The minimum absolute atomic E-state index is 0.0625. The standard InChI is InChI=1S/C25H32F3N3O/c1-17(2)21-9-6-10-22(18(3)4)24(21)29-23(32)16-30-11-13-31(14-12-30)20-8-5-7-19(15-20)25(26,27)28/h5-10,15,17-18H,11-14,16H2,1-4H3,(H,29,32). The van der Waals surface area contributed by atoms with Crippen LogP contribution in [-0.4, -0.2) is 43.5 Å². The monoisotopic (exact) mass is 447 g/mol. The molecule has 1 aliphatic heterocycles. The molecule has 7 heteroatoms. The maximum absolute atomic E-state index is 13.0. The van der Waals surface area contributed by atoms with E-state index in [1.165, 1.54) is 12.1 Å². The first-order valence-electron chi connectivity index (χ1n) is 11.1. The van der Waals surface area contributed by atoms with E-state index in [0.717, 1.165) is 22.9 Å². The van der Waals surface area contributed by atoms with Crippen LogP contribution in [0.4, 0.5) is 24.5 Å². The quantitative estimate of drug-likeness (QED) is 0.616. The summed E-state index contributed by atoms with van der Waals surface area (Å²) in [5.74, 6) is 0.521. The SMILES string of the molecule is CC(C)c1cccc(C(C)C)c1NC(=O)CN1CCN(c2cccc(C(F)(F)F)c2)CC1. The summed E-state index contributed by atoms with van der Waals surface area (Å²) in [6.07, 6.45) is -4.35. The van der Waals surface area contributed by atoms with E-state index >= 15 is 0 Å². The van der Waals surface area contributed by atoms with Gasteiger partial charge in [0.05, 0.1) is 12.1 Å². The van der Waals surface area contributed by atoms with E-state index in [0.29, 0.717) is 43.7 Å². The van der Waals surface area contributed by atoms with Crippen molar-refractivity contribution in [2.45, 2.75) is 45.7 Å². The number of anilines is 2. The van der Waals surface area contributed by atoms with Gasteiger partial charge in [0.1, 0.15) is 0 Å². The van der Waals surface area contributed by atoms with Crippen molar-refractivity contribution in [1.82, 2.24) is 4.90 Å². The lowest BCUT2D eigenvalue weighted by Gasteiger charge is -2.36. The molecule has 0 aliphatic carbocycles. The average Bonchev–Trinajstić information content (AvgIpc) is 2.73. The van der Waals surface area contributed by atoms with Gasteiger partial charge in [0, 0.05) is 37.6 Å². The van der Waals surface area contributed by atoms with Crippen LogP contribution in [0.2, 0.25) is 0 Å². The van der Waals surface area contributed by atoms with Crippen molar-refractivity contribution >= 4 is 17.3 Å². The minimum Gasteiger partial charge on any atom is -0.369 e. The molecule has 0 radical (unpaired) electrons. The number of hydrogen-bond donors (Lipinski definition) is 1. The molecule has 1 aliphatic rings. The average molecular weight is 448 g/mol. The van der Waals surface area contributed by atoms with Gasteiger partial charge in [-0.05, 0) is 41.2 Å². The van der Waals surface area contributed by atoms with Crippen LogP contribution < -0.4 is 10.2 Å². The summed E-state index contributed by atoms with van der Waals surface area (Å²) in [6, 6.07) is 11.6. The van der Waals surface area contributed by atoms with Crippen molar-refractivity contribution in [1.29, 1.82) is 0 Å². The van der Waals surface area contributed by atoms with Crippen LogP contribution >= 0.6 is 0 Å². The third-order valence-corrected chi connectivity index (χ3v) is 5.92. The Morgan fingerprint density at radius 3 is 2.03 bits per heavy atom. The molecular formula is C25H32F3N3O. The van der Waals surface area contributed by atoms with Gasteiger partial charge >= 0.3 is 6.18 Å². The number of hydrogen-bond acceptors (Lipinski definition) is 3. The molecule has 2 aromatic rings. The molecule has 1 N–H and O–H groups in total. The smallest absolute Gasteiger partial charge is 0.369 e.